The molecule has 0 unspecified atom stereocenters. The van der Waals surface area contributed by atoms with Gasteiger partial charge in [-0.25, -0.2) is 0 Å². The molecule has 1 aliphatic heterocycles. The fourth-order valence-electron chi connectivity index (χ4n) is 3.73. The molecule has 1 aromatic heterocycles. The fraction of sp³-hybridized carbons (Fsp3) is 0.500. The number of pyridine rings is 1. The molecule has 0 amide bonds. The number of carbonyl (C=O) groups is 1. The van der Waals surface area contributed by atoms with Crippen molar-refractivity contribution in [3.8, 4) is 0 Å². The highest BCUT2D eigenvalue weighted by atomic mass is 16.3. The average molecular weight is 341 g/mol. The van der Waals surface area contributed by atoms with Crippen LogP contribution in [0.3, 0.4) is 0 Å². The molecule has 1 aliphatic rings. The predicted molar refractivity (Wildman–Crippen MR) is 101 cm³/mol. The number of anilines is 1. The highest BCUT2D eigenvalue weighted by Gasteiger charge is 2.21. The number of aromatic nitrogens is 1. The summed E-state index contributed by atoms with van der Waals surface area (Å²) >= 11 is 0. The summed E-state index contributed by atoms with van der Waals surface area (Å²) in [5, 5.41) is 9.88. The minimum Gasteiger partial charge on any atom is -0.398 e. The molecule has 5 heteroatoms. The number of ketones is 1. The number of piperidine rings is 1. The van der Waals surface area contributed by atoms with Crippen LogP contribution < -0.4 is 5.73 Å². The minimum absolute atomic E-state index is 0.157. The molecule has 5 nitrogen and oxygen atoms in total. The van der Waals surface area contributed by atoms with Crippen molar-refractivity contribution in [2.75, 3.05) is 32.0 Å². The number of benzene rings is 1. The van der Waals surface area contributed by atoms with Gasteiger partial charge in [-0.05, 0) is 69.0 Å². The summed E-state index contributed by atoms with van der Waals surface area (Å²) in [6.07, 6.45) is 5.40. The molecule has 0 spiro atoms. The van der Waals surface area contributed by atoms with Gasteiger partial charge in [-0.1, -0.05) is 0 Å². The number of nitrogens with two attached hydrogens (primary N) is 1. The summed E-state index contributed by atoms with van der Waals surface area (Å²) in [5.41, 5.74) is 9.19. The maximum absolute atomic E-state index is 12.8. The summed E-state index contributed by atoms with van der Waals surface area (Å²) in [6.45, 7) is 4.96. The van der Waals surface area contributed by atoms with E-state index in [0.717, 1.165) is 49.8 Å². The number of fused-ring (bicyclic) bond motifs is 1. The second-order valence-corrected chi connectivity index (χ2v) is 7.02. The molecule has 3 rings (SSSR count). The van der Waals surface area contributed by atoms with Crippen molar-refractivity contribution in [2.45, 2.75) is 32.6 Å². The molecule has 25 heavy (non-hydrogen) atoms. The Morgan fingerprint density at radius 3 is 2.88 bits per heavy atom. The number of aliphatic hydroxyl groups excluding tert-OH is 1. The van der Waals surface area contributed by atoms with Crippen LogP contribution in [0, 0.1) is 12.8 Å². The van der Waals surface area contributed by atoms with Crippen molar-refractivity contribution >= 4 is 22.4 Å². The molecule has 134 valence electrons. The first-order valence-corrected chi connectivity index (χ1v) is 9.10. The van der Waals surface area contributed by atoms with Crippen LogP contribution in [0.2, 0.25) is 0 Å². The highest BCUT2D eigenvalue weighted by molar-refractivity contribution is 6.09. The standard InChI is InChI=1S/C20H27N3O2/c1-14-13-17(20-16(19(14)21)3-2-8-22-20)18(25)5-4-15-6-9-23(10-7-15)11-12-24/h2-3,8,13,15,24H,4-7,9-12,21H2,1H3. The molecule has 3 N–H and O–H groups in total. The fourth-order valence-corrected chi connectivity index (χ4v) is 3.73. The van der Waals surface area contributed by atoms with Crippen molar-refractivity contribution < 1.29 is 9.90 Å². The molecule has 0 bridgehead atoms. The van der Waals surface area contributed by atoms with Crippen molar-refractivity contribution in [3.05, 3.63) is 35.5 Å². The third kappa shape index (κ3) is 3.99. The van der Waals surface area contributed by atoms with E-state index in [0.29, 0.717) is 29.1 Å². The number of nitrogen functional groups attached to an aromatic ring is 1. The largest absolute Gasteiger partial charge is 0.398 e. The van der Waals surface area contributed by atoms with Crippen LogP contribution in [0.25, 0.3) is 10.9 Å². The van der Waals surface area contributed by atoms with Gasteiger partial charge in [0.15, 0.2) is 5.78 Å². The van der Waals surface area contributed by atoms with Crippen LogP contribution in [-0.2, 0) is 0 Å². The summed E-state index contributed by atoms with van der Waals surface area (Å²) < 4.78 is 0. The van der Waals surface area contributed by atoms with E-state index in [1.165, 1.54) is 0 Å². The van der Waals surface area contributed by atoms with Crippen LogP contribution in [-0.4, -0.2) is 47.0 Å². The lowest BCUT2D eigenvalue weighted by Gasteiger charge is -2.31. The maximum Gasteiger partial charge on any atom is 0.165 e. The number of hydrogen-bond acceptors (Lipinski definition) is 5. The van der Waals surface area contributed by atoms with Crippen LogP contribution in [0.4, 0.5) is 5.69 Å². The SMILES string of the molecule is Cc1cc(C(=O)CCC2CCN(CCO)CC2)c2ncccc2c1N. The summed E-state index contributed by atoms with van der Waals surface area (Å²) in [6, 6.07) is 5.67. The second kappa shape index (κ2) is 7.93. The van der Waals surface area contributed by atoms with Crippen molar-refractivity contribution in [1.82, 2.24) is 9.88 Å². The number of carbonyl (C=O) groups excluding carboxylic acids is 1. The third-order valence-corrected chi connectivity index (χ3v) is 5.34. The number of hydrogen-bond donors (Lipinski definition) is 2. The number of aliphatic hydroxyl groups is 1. The molecule has 2 heterocycles. The Balaban J connectivity index is 1.66. The monoisotopic (exact) mass is 341 g/mol. The lowest BCUT2D eigenvalue weighted by molar-refractivity contribution is 0.0960. The van der Waals surface area contributed by atoms with Gasteiger partial charge >= 0.3 is 0 Å². The van der Waals surface area contributed by atoms with E-state index in [4.69, 9.17) is 10.8 Å². The number of rotatable bonds is 6. The van der Waals surface area contributed by atoms with Gasteiger partial charge in [-0.2, -0.15) is 0 Å². The Labute approximate surface area is 148 Å². The number of likely N-dealkylation sites (tertiary alicyclic amines) is 1. The molecule has 0 saturated carbocycles. The Morgan fingerprint density at radius 2 is 2.16 bits per heavy atom. The quantitative estimate of drug-likeness (QED) is 0.624. The van der Waals surface area contributed by atoms with Gasteiger partial charge in [0, 0.05) is 35.8 Å². The predicted octanol–water partition coefficient (Wildman–Crippen LogP) is 2.79. The molecule has 1 fully saturated rings. The Bertz CT molecular complexity index is 752. The van der Waals surface area contributed by atoms with E-state index in [2.05, 4.69) is 9.88 Å². The van der Waals surface area contributed by atoms with Gasteiger partial charge in [0.25, 0.3) is 0 Å². The smallest absolute Gasteiger partial charge is 0.165 e. The zero-order valence-electron chi connectivity index (χ0n) is 14.9. The molecular weight excluding hydrogens is 314 g/mol. The van der Waals surface area contributed by atoms with Crippen molar-refractivity contribution in [1.29, 1.82) is 0 Å². The first-order chi connectivity index (χ1) is 12.1. The van der Waals surface area contributed by atoms with Crippen LogP contribution in [0.1, 0.15) is 41.6 Å². The number of aryl methyl sites for hydroxylation is 1. The van der Waals surface area contributed by atoms with Crippen LogP contribution in [0.15, 0.2) is 24.4 Å². The molecule has 1 aromatic carbocycles. The van der Waals surface area contributed by atoms with Crippen molar-refractivity contribution in [3.63, 3.8) is 0 Å². The average Bonchev–Trinajstić information content (AvgIpc) is 2.64. The number of nitrogens with zero attached hydrogens (tertiary/aromatic N) is 2. The molecular formula is C20H27N3O2. The van der Waals surface area contributed by atoms with Gasteiger partial charge in [0.05, 0.1) is 12.1 Å². The van der Waals surface area contributed by atoms with Crippen LogP contribution >= 0.6 is 0 Å². The Hall–Kier alpha value is -1.98. The number of β-amino-alcohol motifs (C(OH)–C–C–N with tert-alkyl or cyclic N) is 1. The van der Waals surface area contributed by atoms with Gasteiger partial charge in [0.2, 0.25) is 0 Å². The second-order valence-electron chi connectivity index (χ2n) is 7.02. The molecule has 2 aromatic rings. The van der Waals surface area contributed by atoms with E-state index < -0.39 is 0 Å². The van der Waals surface area contributed by atoms with Gasteiger partial charge in [0.1, 0.15) is 0 Å². The molecule has 1 saturated heterocycles. The maximum atomic E-state index is 12.8. The normalized spacial score (nSPS) is 16.4. The number of Topliss-reactive ketones (excluding diaryl/α,β-unsaturated/α-hetero) is 1. The van der Waals surface area contributed by atoms with E-state index in [1.54, 1.807) is 6.20 Å². The van der Waals surface area contributed by atoms with Gasteiger partial charge in [-0.15, -0.1) is 0 Å². The zero-order chi connectivity index (χ0) is 17.8. The Morgan fingerprint density at radius 1 is 1.40 bits per heavy atom. The van der Waals surface area contributed by atoms with Crippen molar-refractivity contribution in [2.24, 2.45) is 5.92 Å². The molecule has 0 radical (unpaired) electrons. The summed E-state index contributed by atoms with van der Waals surface area (Å²) in [7, 11) is 0. The first-order valence-electron chi connectivity index (χ1n) is 9.10. The summed E-state index contributed by atoms with van der Waals surface area (Å²) in [5.74, 6) is 0.748. The first kappa shape index (κ1) is 17.8. The highest BCUT2D eigenvalue weighted by Crippen LogP contribution is 2.29. The van der Waals surface area contributed by atoms with E-state index in [1.807, 2.05) is 25.1 Å². The van der Waals surface area contributed by atoms with Gasteiger partial charge in [-0.3, -0.25) is 9.78 Å². The molecule has 0 aliphatic carbocycles. The third-order valence-electron chi connectivity index (χ3n) is 5.34. The topological polar surface area (TPSA) is 79.5 Å². The van der Waals surface area contributed by atoms with Crippen LogP contribution in [0.5, 0.6) is 0 Å². The minimum atomic E-state index is 0.157. The van der Waals surface area contributed by atoms with Gasteiger partial charge < -0.3 is 15.7 Å². The zero-order valence-corrected chi connectivity index (χ0v) is 14.9. The lowest BCUT2D eigenvalue weighted by atomic mass is 9.89. The lowest BCUT2D eigenvalue weighted by Crippen LogP contribution is -2.35. The van der Waals surface area contributed by atoms with E-state index in [9.17, 15) is 4.79 Å². The molecule has 0 atom stereocenters. The summed E-state index contributed by atoms with van der Waals surface area (Å²) in [4.78, 5) is 19.5. The van der Waals surface area contributed by atoms with E-state index in [-0.39, 0.29) is 12.4 Å². The Kier molecular flexibility index (Phi) is 5.66. The van der Waals surface area contributed by atoms with E-state index >= 15 is 0 Å².